The van der Waals surface area contributed by atoms with Crippen molar-refractivity contribution in [1.82, 2.24) is 9.80 Å². The monoisotopic (exact) mass is 379 g/mol. The third-order valence-electron chi connectivity index (χ3n) is 4.43. The molecule has 1 aliphatic rings. The lowest BCUT2D eigenvalue weighted by Crippen LogP contribution is -2.46. The molecular formula is C21H21N3O4. The molecule has 0 bridgehead atoms. The Balaban J connectivity index is 1.77. The lowest BCUT2D eigenvalue weighted by molar-refractivity contribution is -0.144. The number of carbonyl (C=O) groups is 4. The summed E-state index contributed by atoms with van der Waals surface area (Å²) in [7, 11) is 0. The van der Waals surface area contributed by atoms with Crippen LogP contribution in [0.1, 0.15) is 19.4 Å². The fraction of sp³-hybridized carbons (Fsp3) is 0.238. The van der Waals surface area contributed by atoms with E-state index in [0.29, 0.717) is 10.6 Å². The minimum atomic E-state index is -0.981. The van der Waals surface area contributed by atoms with Gasteiger partial charge in [0.25, 0.3) is 0 Å². The molecule has 1 fully saturated rings. The fourth-order valence-corrected chi connectivity index (χ4v) is 3.13. The number of nitrogens with zero attached hydrogens (tertiary/aromatic N) is 3. The highest BCUT2D eigenvalue weighted by Gasteiger charge is 2.45. The van der Waals surface area contributed by atoms with Gasteiger partial charge in [-0.25, -0.2) is 9.69 Å². The Bertz CT molecular complexity index is 896. The number of carbonyl (C=O) groups excluding carboxylic acids is 4. The molecule has 28 heavy (non-hydrogen) atoms. The van der Waals surface area contributed by atoms with Crippen molar-refractivity contribution in [1.29, 1.82) is 0 Å². The molecule has 0 spiro atoms. The molecule has 7 heteroatoms. The van der Waals surface area contributed by atoms with Crippen LogP contribution in [-0.4, -0.2) is 46.1 Å². The van der Waals surface area contributed by atoms with Crippen LogP contribution >= 0.6 is 0 Å². The third-order valence-corrected chi connectivity index (χ3v) is 4.43. The number of rotatable bonds is 6. The zero-order valence-corrected chi connectivity index (χ0v) is 15.7. The lowest BCUT2D eigenvalue weighted by atomic mass is 10.2. The van der Waals surface area contributed by atoms with E-state index < -0.39 is 30.3 Å². The summed E-state index contributed by atoms with van der Waals surface area (Å²) in [5, 5.41) is 0. The molecule has 0 unspecified atom stereocenters. The van der Waals surface area contributed by atoms with Crippen molar-refractivity contribution in [3.8, 4) is 0 Å². The Morgan fingerprint density at radius 2 is 1.39 bits per heavy atom. The van der Waals surface area contributed by atoms with E-state index in [-0.39, 0.29) is 12.6 Å². The zero-order chi connectivity index (χ0) is 20.3. The minimum Gasteiger partial charge on any atom is -0.308 e. The van der Waals surface area contributed by atoms with Gasteiger partial charge in [-0.1, -0.05) is 48.5 Å². The molecule has 1 heterocycles. The number of urea groups is 1. The highest BCUT2D eigenvalue weighted by molar-refractivity contribution is 6.45. The minimum absolute atomic E-state index is 0.0124. The van der Waals surface area contributed by atoms with Gasteiger partial charge in [-0.15, -0.1) is 0 Å². The molecular weight excluding hydrogens is 358 g/mol. The topological polar surface area (TPSA) is 78.0 Å². The quantitative estimate of drug-likeness (QED) is 0.570. The van der Waals surface area contributed by atoms with Gasteiger partial charge < -0.3 is 4.90 Å². The SMILES string of the molecule is CC(C)N(C(=O)CN1C(=O)C(=O)N(Cc2ccccc2)C1=O)c1ccccc1. The maximum Gasteiger partial charge on any atom is 0.335 e. The molecule has 0 aliphatic carbocycles. The van der Waals surface area contributed by atoms with Gasteiger partial charge in [-0.2, -0.15) is 0 Å². The smallest absolute Gasteiger partial charge is 0.308 e. The van der Waals surface area contributed by atoms with Crippen LogP contribution in [0.3, 0.4) is 0 Å². The van der Waals surface area contributed by atoms with Gasteiger partial charge in [0.15, 0.2) is 0 Å². The van der Waals surface area contributed by atoms with Crippen molar-refractivity contribution in [2.75, 3.05) is 11.4 Å². The van der Waals surface area contributed by atoms with Crippen LogP contribution in [0.15, 0.2) is 60.7 Å². The van der Waals surface area contributed by atoms with E-state index in [2.05, 4.69) is 0 Å². The van der Waals surface area contributed by atoms with Gasteiger partial charge in [0.05, 0.1) is 6.54 Å². The summed E-state index contributed by atoms with van der Waals surface area (Å²) in [6, 6.07) is 16.9. The van der Waals surface area contributed by atoms with E-state index in [0.717, 1.165) is 10.5 Å². The number of hydrogen-bond donors (Lipinski definition) is 0. The predicted octanol–water partition coefficient (Wildman–Crippen LogP) is 2.42. The second-order valence-electron chi connectivity index (χ2n) is 6.74. The summed E-state index contributed by atoms with van der Waals surface area (Å²) >= 11 is 0. The highest BCUT2D eigenvalue weighted by Crippen LogP contribution is 2.20. The fourth-order valence-electron chi connectivity index (χ4n) is 3.13. The highest BCUT2D eigenvalue weighted by atomic mass is 16.2. The first-order chi connectivity index (χ1) is 13.4. The van der Waals surface area contributed by atoms with Crippen molar-refractivity contribution in [2.45, 2.75) is 26.4 Å². The Labute approximate surface area is 163 Å². The maximum absolute atomic E-state index is 12.9. The molecule has 144 valence electrons. The average molecular weight is 379 g/mol. The predicted molar refractivity (Wildman–Crippen MR) is 103 cm³/mol. The number of amides is 5. The number of para-hydroxylation sites is 1. The zero-order valence-electron chi connectivity index (χ0n) is 15.7. The van der Waals surface area contributed by atoms with Crippen molar-refractivity contribution in [2.24, 2.45) is 0 Å². The molecule has 2 aromatic rings. The Morgan fingerprint density at radius 3 is 1.96 bits per heavy atom. The standard InChI is InChI=1S/C21H21N3O4/c1-15(2)24(17-11-7-4-8-12-17)18(25)14-23-20(27)19(26)22(21(23)28)13-16-9-5-3-6-10-16/h3-12,15H,13-14H2,1-2H3. The van der Waals surface area contributed by atoms with Gasteiger partial charge in [0, 0.05) is 11.7 Å². The first-order valence-corrected chi connectivity index (χ1v) is 8.98. The second-order valence-corrected chi connectivity index (χ2v) is 6.74. The molecule has 2 aromatic carbocycles. The van der Waals surface area contributed by atoms with E-state index in [1.807, 2.05) is 26.0 Å². The molecule has 7 nitrogen and oxygen atoms in total. The summed E-state index contributed by atoms with van der Waals surface area (Å²) in [4.78, 5) is 53.2. The number of anilines is 1. The molecule has 1 saturated heterocycles. The Kier molecular flexibility index (Phi) is 5.54. The van der Waals surface area contributed by atoms with Crippen molar-refractivity contribution >= 4 is 29.4 Å². The average Bonchev–Trinajstić information content (AvgIpc) is 2.88. The molecule has 1 aliphatic heterocycles. The molecule has 0 atom stereocenters. The van der Waals surface area contributed by atoms with Gasteiger partial charge in [-0.05, 0) is 31.5 Å². The van der Waals surface area contributed by atoms with Crippen LogP contribution in [0.5, 0.6) is 0 Å². The third kappa shape index (κ3) is 3.78. The van der Waals surface area contributed by atoms with Crippen LogP contribution < -0.4 is 4.90 Å². The Hall–Kier alpha value is -3.48. The van der Waals surface area contributed by atoms with Crippen LogP contribution in [0, 0.1) is 0 Å². The van der Waals surface area contributed by atoms with E-state index in [9.17, 15) is 19.2 Å². The van der Waals surface area contributed by atoms with Crippen LogP contribution in [-0.2, 0) is 20.9 Å². The van der Waals surface area contributed by atoms with Crippen LogP contribution in [0.2, 0.25) is 0 Å². The van der Waals surface area contributed by atoms with Crippen molar-refractivity contribution in [3.05, 3.63) is 66.2 Å². The summed E-state index contributed by atoms with van der Waals surface area (Å²) < 4.78 is 0. The second kappa shape index (κ2) is 8.04. The summed E-state index contributed by atoms with van der Waals surface area (Å²) in [6.07, 6.45) is 0. The first-order valence-electron chi connectivity index (χ1n) is 8.98. The van der Waals surface area contributed by atoms with E-state index in [1.165, 1.54) is 4.90 Å². The van der Waals surface area contributed by atoms with Gasteiger partial charge in [-0.3, -0.25) is 19.3 Å². The van der Waals surface area contributed by atoms with Crippen molar-refractivity contribution < 1.29 is 19.2 Å². The Morgan fingerprint density at radius 1 is 0.857 bits per heavy atom. The summed E-state index contributed by atoms with van der Waals surface area (Å²) in [6.45, 7) is 3.18. The largest absolute Gasteiger partial charge is 0.335 e. The summed E-state index contributed by atoms with van der Waals surface area (Å²) in [5.41, 5.74) is 1.38. The normalized spacial score (nSPS) is 14.2. The van der Waals surface area contributed by atoms with Gasteiger partial charge in [0.2, 0.25) is 5.91 Å². The van der Waals surface area contributed by atoms with Crippen LogP contribution in [0.25, 0.3) is 0 Å². The first kappa shape index (κ1) is 19.3. The van der Waals surface area contributed by atoms with Gasteiger partial charge >= 0.3 is 17.8 Å². The maximum atomic E-state index is 12.9. The molecule has 5 amide bonds. The van der Waals surface area contributed by atoms with Crippen LogP contribution in [0.4, 0.5) is 10.5 Å². The van der Waals surface area contributed by atoms with E-state index in [4.69, 9.17) is 0 Å². The molecule has 3 rings (SSSR count). The molecule has 0 aromatic heterocycles. The van der Waals surface area contributed by atoms with Crippen molar-refractivity contribution in [3.63, 3.8) is 0 Å². The lowest BCUT2D eigenvalue weighted by Gasteiger charge is -2.28. The van der Waals surface area contributed by atoms with Gasteiger partial charge in [0.1, 0.15) is 6.54 Å². The van der Waals surface area contributed by atoms with E-state index in [1.54, 1.807) is 48.5 Å². The number of benzene rings is 2. The number of hydrogen-bond acceptors (Lipinski definition) is 4. The molecule has 0 N–H and O–H groups in total. The summed E-state index contributed by atoms with van der Waals surface area (Å²) in [5.74, 6) is -2.33. The van der Waals surface area contributed by atoms with E-state index >= 15 is 0 Å². The number of imide groups is 2. The molecule has 0 radical (unpaired) electrons. The molecule has 0 saturated carbocycles.